The van der Waals surface area contributed by atoms with Crippen molar-refractivity contribution < 1.29 is 14.3 Å². The van der Waals surface area contributed by atoms with Gasteiger partial charge in [0.05, 0.1) is 36.1 Å². The summed E-state index contributed by atoms with van der Waals surface area (Å²) < 4.78 is 11.0. The predicted octanol–water partition coefficient (Wildman–Crippen LogP) is 4.40. The second-order valence-electron chi connectivity index (χ2n) is 7.63. The van der Waals surface area contributed by atoms with E-state index in [4.69, 9.17) is 9.47 Å². The van der Waals surface area contributed by atoms with E-state index in [1.165, 1.54) is 11.2 Å². The van der Waals surface area contributed by atoms with Crippen LogP contribution in [0.2, 0.25) is 0 Å². The minimum atomic E-state index is -0.253. The molecule has 164 valence electrons. The summed E-state index contributed by atoms with van der Waals surface area (Å²) in [7, 11) is 1.63. The normalized spacial score (nSPS) is 15.4. The molecule has 0 N–H and O–H groups in total. The maximum atomic E-state index is 13.2. The number of hydrogen-bond acceptors (Lipinski definition) is 6. The number of methoxy groups -OCH3 is 1. The first-order valence-electron chi connectivity index (χ1n) is 10.6. The maximum Gasteiger partial charge on any atom is 0.281 e. The molecule has 2 heterocycles. The summed E-state index contributed by atoms with van der Waals surface area (Å²) in [6.45, 7) is -0.189. The average Bonchev–Trinajstić information content (AvgIpc) is 3.33. The molecule has 1 unspecified atom stereocenters. The second-order valence-corrected chi connectivity index (χ2v) is 7.63. The van der Waals surface area contributed by atoms with E-state index in [9.17, 15) is 4.79 Å². The van der Waals surface area contributed by atoms with Crippen LogP contribution in [-0.4, -0.2) is 40.3 Å². The first-order valence-corrected chi connectivity index (χ1v) is 10.6. The second kappa shape index (κ2) is 9.08. The smallest absolute Gasteiger partial charge is 0.281 e. The Bertz CT molecular complexity index is 1310. The number of amides is 1. The molecule has 4 aromatic rings. The monoisotopic (exact) mass is 438 g/mol. The number of ether oxygens (including phenoxy) is 2. The molecule has 0 saturated carbocycles. The van der Waals surface area contributed by atoms with Gasteiger partial charge in [0.15, 0.2) is 6.61 Å². The Morgan fingerprint density at radius 2 is 1.70 bits per heavy atom. The first kappa shape index (κ1) is 20.6. The molecule has 1 atom stereocenters. The number of carbonyl (C=O) groups is 1. The summed E-state index contributed by atoms with van der Waals surface area (Å²) in [5, 5.41) is 6.19. The standard InChI is InChI=1S/C26H22N4O3/c1-32-20-13-11-19(12-14-20)24-15-23(18-7-3-2-4-8-18)29-30(24)26(31)17-33-25-16-27-21-9-5-6-10-22(21)28-25/h2-14,16,24H,15,17H2,1H3. The number of hydrazone groups is 1. The number of aromatic nitrogens is 2. The summed E-state index contributed by atoms with van der Waals surface area (Å²) >= 11 is 0. The minimum Gasteiger partial charge on any atom is -0.497 e. The third kappa shape index (κ3) is 4.39. The summed E-state index contributed by atoms with van der Waals surface area (Å²) in [6, 6.07) is 24.9. The fourth-order valence-electron chi connectivity index (χ4n) is 3.84. The van der Waals surface area contributed by atoms with Crippen molar-refractivity contribution in [3.8, 4) is 11.6 Å². The molecule has 33 heavy (non-hydrogen) atoms. The molecule has 0 bridgehead atoms. The van der Waals surface area contributed by atoms with Crippen LogP contribution in [0.3, 0.4) is 0 Å². The molecule has 7 nitrogen and oxygen atoms in total. The fourth-order valence-corrected chi connectivity index (χ4v) is 3.84. The number of rotatable bonds is 6. The summed E-state index contributed by atoms with van der Waals surface area (Å²) in [6.07, 6.45) is 2.14. The van der Waals surface area contributed by atoms with Gasteiger partial charge in [-0.15, -0.1) is 0 Å². The van der Waals surface area contributed by atoms with E-state index in [-0.39, 0.29) is 18.6 Å². The predicted molar refractivity (Wildman–Crippen MR) is 125 cm³/mol. The lowest BCUT2D eigenvalue weighted by Crippen LogP contribution is -2.31. The molecule has 3 aromatic carbocycles. The largest absolute Gasteiger partial charge is 0.497 e. The zero-order valence-corrected chi connectivity index (χ0v) is 18.1. The van der Waals surface area contributed by atoms with E-state index in [0.717, 1.165) is 28.1 Å². The van der Waals surface area contributed by atoms with Crippen molar-refractivity contribution in [1.29, 1.82) is 0 Å². The van der Waals surface area contributed by atoms with Crippen LogP contribution in [0.1, 0.15) is 23.6 Å². The van der Waals surface area contributed by atoms with Crippen LogP contribution >= 0.6 is 0 Å². The number of carbonyl (C=O) groups excluding carboxylic acids is 1. The molecule has 0 aliphatic carbocycles. The van der Waals surface area contributed by atoms with Gasteiger partial charge in [-0.3, -0.25) is 4.79 Å². The van der Waals surface area contributed by atoms with Crippen LogP contribution in [0.4, 0.5) is 0 Å². The van der Waals surface area contributed by atoms with Gasteiger partial charge in [0, 0.05) is 6.42 Å². The highest BCUT2D eigenvalue weighted by atomic mass is 16.5. The zero-order valence-electron chi connectivity index (χ0n) is 18.1. The van der Waals surface area contributed by atoms with Gasteiger partial charge in [-0.2, -0.15) is 5.10 Å². The van der Waals surface area contributed by atoms with Crippen molar-refractivity contribution in [2.75, 3.05) is 13.7 Å². The van der Waals surface area contributed by atoms with Crippen molar-refractivity contribution in [3.63, 3.8) is 0 Å². The summed E-state index contributed by atoms with van der Waals surface area (Å²) in [4.78, 5) is 21.9. The molecule has 0 radical (unpaired) electrons. The lowest BCUT2D eigenvalue weighted by atomic mass is 9.98. The molecule has 1 aliphatic rings. The molecule has 7 heteroatoms. The lowest BCUT2D eigenvalue weighted by Gasteiger charge is -2.22. The Morgan fingerprint density at radius 3 is 2.45 bits per heavy atom. The maximum absolute atomic E-state index is 13.2. The van der Waals surface area contributed by atoms with Crippen molar-refractivity contribution in [3.05, 3.63) is 96.2 Å². The van der Waals surface area contributed by atoms with Crippen LogP contribution < -0.4 is 9.47 Å². The van der Waals surface area contributed by atoms with E-state index in [0.29, 0.717) is 17.8 Å². The SMILES string of the molecule is COc1ccc(C2CC(c3ccccc3)=NN2C(=O)COc2cnc3ccccc3n2)cc1. The van der Waals surface area contributed by atoms with E-state index in [1.807, 2.05) is 78.9 Å². The van der Waals surface area contributed by atoms with Crippen LogP contribution in [-0.2, 0) is 4.79 Å². The molecule has 0 fully saturated rings. The van der Waals surface area contributed by atoms with Crippen LogP contribution in [0.5, 0.6) is 11.6 Å². The Morgan fingerprint density at radius 1 is 0.970 bits per heavy atom. The van der Waals surface area contributed by atoms with Crippen LogP contribution in [0.25, 0.3) is 11.0 Å². The van der Waals surface area contributed by atoms with E-state index < -0.39 is 0 Å². The molecule has 0 spiro atoms. The highest BCUT2D eigenvalue weighted by Crippen LogP contribution is 2.33. The third-order valence-corrected chi connectivity index (χ3v) is 5.54. The van der Waals surface area contributed by atoms with Gasteiger partial charge in [-0.1, -0.05) is 54.6 Å². The van der Waals surface area contributed by atoms with Crippen molar-refractivity contribution in [2.24, 2.45) is 5.10 Å². The highest BCUT2D eigenvalue weighted by Gasteiger charge is 2.33. The van der Waals surface area contributed by atoms with Gasteiger partial charge in [0.25, 0.3) is 5.91 Å². The van der Waals surface area contributed by atoms with E-state index >= 15 is 0 Å². The van der Waals surface area contributed by atoms with Crippen LogP contribution in [0.15, 0.2) is 90.2 Å². The molecule has 1 aromatic heterocycles. The average molecular weight is 438 g/mol. The Hall–Kier alpha value is -4.26. The topological polar surface area (TPSA) is 76.9 Å². The molecule has 0 saturated heterocycles. The van der Waals surface area contributed by atoms with Crippen LogP contribution in [0, 0.1) is 0 Å². The van der Waals surface area contributed by atoms with E-state index in [1.54, 1.807) is 7.11 Å². The van der Waals surface area contributed by atoms with Gasteiger partial charge in [-0.25, -0.2) is 15.0 Å². The highest BCUT2D eigenvalue weighted by molar-refractivity contribution is 6.03. The van der Waals surface area contributed by atoms with Gasteiger partial charge in [-0.05, 0) is 35.4 Å². The summed E-state index contributed by atoms with van der Waals surface area (Å²) in [5.41, 5.74) is 4.31. The number of nitrogens with zero attached hydrogens (tertiary/aromatic N) is 4. The van der Waals surface area contributed by atoms with E-state index in [2.05, 4.69) is 15.1 Å². The lowest BCUT2D eigenvalue weighted by molar-refractivity contribution is -0.135. The van der Waals surface area contributed by atoms with Crippen molar-refractivity contribution in [2.45, 2.75) is 12.5 Å². The quantitative estimate of drug-likeness (QED) is 0.446. The van der Waals surface area contributed by atoms with Gasteiger partial charge in [0.2, 0.25) is 5.88 Å². The van der Waals surface area contributed by atoms with Crippen molar-refractivity contribution >= 4 is 22.7 Å². The first-order chi connectivity index (χ1) is 16.2. The molecular formula is C26H22N4O3. The zero-order chi connectivity index (χ0) is 22.6. The minimum absolute atomic E-state index is 0.189. The fraction of sp³-hybridized carbons (Fsp3) is 0.154. The van der Waals surface area contributed by atoms with Gasteiger partial charge in [0.1, 0.15) is 5.75 Å². The molecule has 1 amide bonds. The third-order valence-electron chi connectivity index (χ3n) is 5.54. The molecule has 5 rings (SSSR count). The Kier molecular flexibility index (Phi) is 5.68. The van der Waals surface area contributed by atoms with Gasteiger partial charge >= 0.3 is 0 Å². The molecular weight excluding hydrogens is 416 g/mol. The number of hydrogen-bond donors (Lipinski definition) is 0. The number of para-hydroxylation sites is 2. The Balaban J connectivity index is 1.38. The van der Waals surface area contributed by atoms with Crippen molar-refractivity contribution in [1.82, 2.24) is 15.0 Å². The summed E-state index contributed by atoms with van der Waals surface area (Å²) in [5.74, 6) is 0.809. The van der Waals surface area contributed by atoms with Gasteiger partial charge < -0.3 is 9.47 Å². The Labute approximate surface area is 191 Å². The number of benzene rings is 3. The molecule has 1 aliphatic heterocycles. The number of fused-ring (bicyclic) bond motifs is 1.